The summed E-state index contributed by atoms with van der Waals surface area (Å²) in [5, 5.41) is 0.936. The zero-order chi connectivity index (χ0) is 17.3. The lowest BCUT2D eigenvalue weighted by atomic mass is 10.0. The van der Waals surface area contributed by atoms with Crippen LogP contribution in [-0.2, 0) is 0 Å². The van der Waals surface area contributed by atoms with Gasteiger partial charge in [0.15, 0.2) is 0 Å². The molecule has 0 N–H and O–H groups in total. The number of piperidine rings is 1. The van der Waals surface area contributed by atoms with Crippen molar-refractivity contribution in [1.29, 1.82) is 0 Å². The Bertz CT molecular complexity index is 903. The van der Waals surface area contributed by atoms with Crippen LogP contribution in [-0.4, -0.2) is 27.5 Å². The second-order valence-corrected chi connectivity index (χ2v) is 7.35. The average Bonchev–Trinajstić information content (AvgIpc) is 3.13. The molecule has 0 amide bonds. The maximum atomic E-state index is 6.05. The second kappa shape index (κ2) is 6.69. The molecule has 2 aromatic carbocycles. The number of rotatable bonds is 3. The number of benzene rings is 2. The minimum atomic E-state index is 0.578. The number of hydrogen-bond acceptors (Lipinski definition) is 4. The van der Waals surface area contributed by atoms with E-state index in [1.54, 1.807) is 6.33 Å². The normalized spacial score (nSPS) is 23.1. The van der Waals surface area contributed by atoms with Gasteiger partial charge in [0.25, 0.3) is 0 Å². The summed E-state index contributed by atoms with van der Waals surface area (Å²) in [6.45, 7) is 1.25. The molecule has 2 fully saturated rings. The molecule has 132 valence electrons. The molecule has 2 aliphatic heterocycles. The highest BCUT2D eigenvalue weighted by molar-refractivity contribution is 5.83. The molecule has 4 nitrogen and oxygen atoms in total. The zero-order valence-corrected chi connectivity index (χ0v) is 14.8. The van der Waals surface area contributed by atoms with Gasteiger partial charge < -0.3 is 4.74 Å². The van der Waals surface area contributed by atoms with Crippen molar-refractivity contribution in [2.24, 2.45) is 0 Å². The first kappa shape index (κ1) is 15.8. The van der Waals surface area contributed by atoms with Crippen LogP contribution < -0.4 is 4.74 Å². The number of ether oxygens (including phenoxy) is 1. The predicted octanol–water partition coefficient (Wildman–Crippen LogP) is 5.11. The van der Waals surface area contributed by atoms with E-state index >= 15 is 0 Å². The van der Waals surface area contributed by atoms with Crippen LogP contribution in [0.4, 0.5) is 0 Å². The highest BCUT2D eigenvalue weighted by Crippen LogP contribution is 2.40. The molecule has 5 rings (SSSR count). The minimum absolute atomic E-state index is 0.578. The molecule has 3 aromatic rings. The van der Waals surface area contributed by atoms with Crippen molar-refractivity contribution in [3.05, 3.63) is 60.4 Å². The third kappa shape index (κ3) is 2.84. The Kier molecular flexibility index (Phi) is 4.06. The molecular weight excluding hydrogens is 322 g/mol. The molecule has 4 heteroatoms. The first-order valence-electron chi connectivity index (χ1n) is 9.62. The molecule has 2 aliphatic rings. The predicted molar refractivity (Wildman–Crippen MR) is 102 cm³/mol. The Morgan fingerprint density at radius 1 is 0.885 bits per heavy atom. The number of para-hydroxylation sites is 1. The maximum Gasteiger partial charge on any atom is 0.230 e. The maximum absolute atomic E-state index is 6.05. The standard InChI is InChI=1S/C22H23N3O/c1-2-7-20-19(6-1)22(24-15-23-20)26-18-11-8-16(9-12-18)21-13-10-17-5-3-4-14-25(17)21/h1-2,6-9,11-12,15,17,21H,3-5,10,13-14H2. The second-order valence-electron chi connectivity index (χ2n) is 7.35. The third-order valence-electron chi connectivity index (χ3n) is 5.83. The van der Waals surface area contributed by atoms with E-state index in [9.17, 15) is 0 Å². The van der Waals surface area contributed by atoms with Gasteiger partial charge in [-0.15, -0.1) is 0 Å². The zero-order valence-electron chi connectivity index (χ0n) is 14.8. The summed E-state index contributed by atoms with van der Waals surface area (Å²) in [5.41, 5.74) is 2.31. The van der Waals surface area contributed by atoms with Crippen LogP contribution in [0.1, 0.15) is 43.7 Å². The molecule has 0 radical (unpaired) electrons. The highest BCUT2D eigenvalue weighted by Gasteiger charge is 2.35. The number of hydrogen-bond donors (Lipinski definition) is 0. The largest absolute Gasteiger partial charge is 0.438 e. The monoisotopic (exact) mass is 345 g/mol. The molecule has 3 heterocycles. The van der Waals surface area contributed by atoms with Gasteiger partial charge in [-0.2, -0.15) is 0 Å². The van der Waals surface area contributed by atoms with Gasteiger partial charge in [-0.25, -0.2) is 9.97 Å². The first-order valence-corrected chi connectivity index (χ1v) is 9.62. The Labute approximate surface area is 153 Å². The summed E-state index contributed by atoms with van der Waals surface area (Å²) < 4.78 is 6.05. The van der Waals surface area contributed by atoms with Crippen molar-refractivity contribution in [3.63, 3.8) is 0 Å². The number of nitrogens with zero attached hydrogens (tertiary/aromatic N) is 3. The van der Waals surface area contributed by atoms with Crippen molar-refractivity contribution in [1.82, 2.24) is 14.9 Å². The van der Waals surface area contributed by atoms with Crippen LogP contribution in [0.15, 0.2) is 54.9 Å². The van der Waals surface area contributed by atoms with Crippen molar-refractivity contribution in [3.8, 4) is 11.6 Å². The molecule has 1 aromatic heterocycles. The van der Waals surface area contributed by atoms with Gasteiger partial charge in [0.05, 0.1) is 10.9 Å². The van der Waals surface area contributed by atoms with E-state index < -0.39 is 0 Å². The lowest BCUT2D eigenvalue weighted by molar-refractivity contribution is 0.150. The molecule has 0 saturated carbocycles. The van der Waals surface area contributed by atoms with E-state index in [4.69, 9.17) is 4.74 Å². The molecule has 0 bridgehead atoms. The van der Waals surface area contributed by atoms with Gasteiger partial charge in [0, 0.05) is 12.1 Å². The van der Waals surface area contributed by atoms with E-state index in [0.717, 1.165) is 22.7 Å². The molecular formula is C22H23N3O. The van der Waals surface area contributed by atoms with E-state index in [1.165, 1.54) is 44.2 Å². The lowest BCUT2D eigenvalue weighted by Gasteiger charge is -2.34. The fraction of sp³-hybridized carbons (Fsp3) is 0.364. The summed E-state index contributed by atoms with van der Waals surface area (Å²) in [7, 11) is 0. The smallest absolute Gasteiger partial charge is 0.230 e. The fourth-order valence-corrected chi connectivity index (χ4v) is 4.55. The Balaban J connectivity index is 1.37. The van der Waals surface area contributed by atoms with Crippen LogP contribution in [0.3, 0.4) is 0 Å². The van der Waals surface area contributed by atoms with E-state index in [0.29, 0.717) is 11.9 Å². The minimum Gasteiger partial charge on any atom is -0.438 e. The SMILES string of the molecule is c1ccc2c(Oc3ccc(C4CCC5CCCCN54)cc3)ncnc2c1. The van der Waals surface area contributed by atoms with Crippen molar-refractivity contribution < 1.29 is 4.74 Å². The lowest BCUT2D eigenvalue weighted by Crippen LogP contribution is -2.35. The molecule has 0 spiro atoms. The van der Waals surface area contributed by atoms with Crippen molar-refractivity contribution in [2.45, 2.75) is 44.2 Å². The quantitative estimate of drug-likeness (QED) is 0.661. The van der Waals surface area contributed by atoms with Crippen LogP contribution in [0.25, 0.3) is 10.9 Å². The van der Waals surface area contributed by atoms with Crippen molar-refractivity contribution >= 4 is 10.9 Å². The molecule has 2 saturated heterocycles. The molecule has 0 aliphatic carbocycles. The van der Waals surface area contributed by atoms with E-state index in [2.05, 4.69) is 39.1 Å². The van der Waals surface area contributed by atoms with Gasteiger partial charge in [0.1, 0.15) is 12.1 Å². The van der Waals surface area contributed by atoms with Gasteiger partial charge in [-0.1, -0.05) is 30.7 Å². The number of aromatic nitrogens is 2. The van der Waals surface area contributed by atoms with Crippen LogP contribution >= 0.6 is 0 Å². The van der Waals surface area contributed by atoms with Gasteiger partial charge in [-0.05, 0) is 62.1 Å². The summed E-state index contributed by atoms with van der Waals surface area (Å²) in [6, 6.07) is 17.9. The van der Waals surface area contributed by atoms with Crippen LogP contribution in [0.5, 0.6) is 11.6 Å². The fourth-order valence-electron chi connectivity index (χ4n) is 4.55. The summed E-state index contributed by atoms with van der Waals surface area (Å²) in [4.78, 5) is 11.3. The topological polar surface area (TPSA) is 38.2 Å². The average molecular weight is 345 g/mol. The Morgan fingerprint density at radius 2 is 1.77 bits per heavy atom. The van der Waals surface area contributed by atoms with Crippen molar-refractivity contribution in [2.75, 3.05) is 6.54 Å². The highest BCUT2D eigenvalue weighted by atomic mass is 16.5. The Hall–Kier alpha value is -2.46. The summed E-state index contributed by atoms with van der Waals surface area (Å²) in [5.74, 6) is 1.44. The van der Waals surface area contributed by atoms with Crippen LogP contribution in [0, 0.1) is 0 Å². The summed E-state index contributed by atoms with van der Waals surface area (Å²) >= 11 is 0. The summed E-state index contributed by atoms with van der Waals surface area (Å²) in [6.07, 6.45) is 8.29. The Morgan fingerprint density at radius 3 is 2.69 bits per heavy atom. The van der Waals surface area contributed by atoms with E-state index in [1.807, 2.05) is 24.3 Å². The first-order chi connectivity index (χ1) is 12.9. The third-order valence-corrected chi connectivity index (χ3v) is 5.83. The van der Waals surface area contributed by atoms with Crippen LogP contribution in [0.2, 0.25) is 0 Å². The molecule has 2 unspecified atom stereocenters. The number of fused-ring (bicyclic) bond motifs is 2. The van der Waals surface area contributed by atoms with Gasteiger partial charge >= 0.3 is 0 Å². The van der Waals surface area contributed by atoms with E-state index in [-0.39, 0.29) is 0 Å². The molecule has 2 atom stereocenters. The van der Waals surface area contributed by atoms with Gasteiger partial charge in [0.2, 0.25) is 5.88 Å². The molecule has 26 heavy (non-hydrogen) atoms. The van der Waals surface area contributed by atoms with Gasteiger partial charge in [-0.3, -0.25) is 4.90 Å².